The Morgan fingerprint density at radius 1 is 1.22 bits per heavy atom. The minimum absolute atomic E-state index is 0.0132. The van der Waals surface area contributed by atoms with E-state index < -0.39 is 0 Å². The van der Waals surface area contributed by atoms with Gasteiger partial charge in [0.1, 0.15) is 0 Å². The number of carbonyl (C=O) groups excluding carboxylic acids is 2. The fraction of sp³-hybridized carbons (Fsp3) is 0.333. The summed E-state index contributed by atoms with van der Waals surface area (Å²) < 4.78 is 6.10. The Bertz CT molecular complexity index is 836. The Kier molecular flexibility index (Phi) is 6.29. The van der Waals surface area contributed by atoms with Crippen molar-refractivity contribution < 1.29 is 14.3 Å². The van der Waals surface area contributed by atoms with Crippen molar-refractivity contribution in [2.75, 3.05) is 18.6 Å². The fourth-order valence-electron chi connectivity index (χ4n) is 3.18. The van der Waals surface area contributed by atoms with Gasteiger partial charge in [0.05, 0.1) is 12.5 Å². The van der Waals surface area contributed by atoms with Crippen molar-refractivity contribution in [3.8, 4) is 0 Å². The van der Waals surface area contributed by atoms with E-state index in [0.29, 0.717) is 19.7 Å². The van der Waals surface area contributed by atoms with E-state index >= 15 is 0 Å². The lowest BCUT2D eigenvalue weighted by atomic mass is 10.1. The number of ether oxygens (including phenoxy) is 1. The molecule has 1 unspecified atom stereocenters. The van der Waals surface area contributed by atoms with E-state index in [1.54, 1.807) is 12.0 Å². The Hall–Kier alpha value is -2.18. The third-order valence-electron chi connectivity index (χ3n) is 4.75. The van der Waals surface area contributed by atoms with Crippen LogP contribution in [-0.2, 0) is 27.5 Å². The van der Waals surface area contributed by atoms with Crippen LogP contribution >= 0.6 is 15.9 Å². The molecule has 3 rings (SSSR count). The summed E-state index contributed by atoms with van der Waals surface area (Å²) in [4.78, 5) is 26.6. The predicted molar refractivity (Wildman–Crippen MR) is 108 cm³/mol. The molecule has 2 aromatic rings. The number of nitrogens with one attached hydrogen (secondary N) is 1. The monoisotopic (exact) mass is 430 g/mol. The number of halogens is 1. The average molecular weight is 431 g/mol. The second-order valence-corrected chi connectivity index (χ2v) is 7.66. The first kappa shape index (κ1) is 19.6. The first-order valence-corrected chi connectivity index (χ1v) is 9.68. The summed E-state index contributed by atoms with van der Waals surface area (Å²) in [5.41, 5.74) is 4.01. The van der Waals surface area contributed by atoms with E-state index in [0.717, 1.165) is 26.9 Å². The van der Waals surface area contributed by atoms with Gasteiger partial charge in [-0.3, -0.25) is 9.59 Å². The standard InChI is InChI=1S/C21H23BrN2O3/c1-14-9-18(7-8-19(14)22)24-12-17(10-20(24)25)21(26)23-11-15-3-5-16(6-4-15)13-27-2/h3-9,17H,10-13H2,1-2H3,(H,23,26). The lowest BCUT2D eigenvalue weighted by molar-refractivity contribution is -0.126. The Morgan fingerprint density at radius 2 is 1.93 bits per heavy atom. The summed E-state index contributed by atoms with van der Waals surface area (Å²) in [5, 5.41) is 2.95. The molecular weight excluding hydrogens is 408 g/mol. The number of hydrogen-bond donors (Lipinski definition) is 1. The molecule has 5 nitrogen and oxygen atoms in total. The van der Waals surface area contributed by atoms with Gasteiger partial charge in [-0.05, 0) is 41.8 Å². The Labute approximate surface area is 167 Å². The average Bonchev–Trinajstić information content (AvgIpc) is 3.05. The summed E-state index contributed by atoms with van der Waals surface area (Å²) in [7, 11) is 1.66. The molecule has 0 spiro atoms. The summed E-state index contributed by atoms with van der Waals surface area (Å²) in [6.45, 7) is 3.42. The lowest BCUT2D eigenvalue weighted by Gasteiger charge is -2.18. The third-order valence-corrected chi connectivity index (χ3v) is 5.64. The van der Waals surface area contributed by atoms with Gasteiger partial charge in [0, 0.05) is 36.8 Å². The number of carbonyl (C=O) groups is 2. The Morgan fingerprint density at radius 3 is 2.59 bits per heavy atom. The van der Waals surface area contributed by atoms with Gasteiger partial charge in [0.25, 0.3) is 0 Å². The highest BCUT2D eigenvalue weighted by atomic mass is 79.9. The maximum Gasteiger partial charge on any atom is 0.227 e. The smallest absolute Gasteiger partial charge is 0.227 e. The van der Waals surface area contributed by atoms with Crippen LogP contribution in [0, 0.1) is 12.8 Å². The summed E-state index contributed by atoms with van der Waals surface area (Å²) in [6.07, 6.45) is 0.244. The fourth-order valence-corrected chi connectivity index (χ4v) is 3.43. The van der Waals surface area contributed by atoms with E-state index in [1.807, 2.05) is 49.4 Å². The van der Waals surface area contributed by atoms with Crippen molar-refractivity contribution in [3.05, 3.63) is 63.6 Å². The van der Waals surface area contributed by atoms with Gasteiger partial charge in [0.15, 0.2) is 0 Å². The maximum absolute atomic E-state index is 12.5. The van der Waals surface area contributed by atoms with Gasteiger partial charge in [-0.1, -0.05) is 40.2 Å². The van der Waals surface area contributed by atoms with Gasteiger partial charge in [-0.2, -0.15) is 0 Å². The molecule has 0 aliphatic carbocycles. The topological polar surface area (TPSA) is 58.6 Å². The molecule has 0 saturated carbocycles. The first-order chi connectivity index (χ1) is 13.0. The highest BCUT2D eigenvalue weighted by Crippen LogP contribution is 2.28. The minimum atomic E-state index is -0.325. The van der Waals surface area contributed by atoms with Crippen LogP contribution in [0.3, 0.4) is 0 Å². The molecule has 0 bridgehead atoms. The molecule has 27 heavy (non-hydrogen) atoms. The number of methoxy groups -OCH3 is 1. The van der Waals surface area contributed by atoms with Crippen LogP contribution in [0.25, 0.3) is 0 Å². The van der Waals surface area contributed by atoms with Crippen molar-refractivity contribution in [2.24, 2.45) is 5.92 Å². The normalized spacial score (nSPS) is 16.6. The molecule has 0 aromatic heterocycles. The van der Waals surface area contributed by atoms with Gasteiger partial charge >= 0.3 is 0 Å². The van der Waals surface area contributed by atoms with Gasteiger partial charge in [-0.15, -0.1) is 0 Å². The van der Waals surface area contributed by atoms with Crippen molar-refractivity contribution in [1.82, 2.24) is 5.32 Å². The molecule has 1 N–H and O–H groups in total. The summed E-state index contributed by atoms with van der Waals surface area (Å²) >= 11 is 3.47. The maximum atomic E-state index is 12.5. The second kappa shape index (κ2) is 8.67. The van der Waals surface area contributed by atoms with Crippen LogP contribution in [0.4, 0.5) is 5.69 Å². The summed E-state index contributed by atoms with van der Waals surface area (Å²) in [6, 6.07) is 13.7. The number of nitrogens with zero attached hydrogens (tertiary/aromatic N) is 1. The molecule has 142 valence electrons. The largest absolute Gasteiger partial charge is 0.380 e. The van der Waals surface area contributed by atoms with Gasteiger partial charge in [0.2, 0.25) is 11.8 Å². The molecule has 1 heterocycles. The van der Waals surface area contributed by atoms with E-state index in [2.05, 4.69) is 21.2 Å². The van der Waals surface area contributed by atoms with Crippen LogP contribution in [0.15, 0.2) is 46.9 Å². The lowest BCUT2D eigenvalue weighted by Crippen LogP contribution is -2.32. The van der Waals surface area contributed by atoms with Crippen LogP contribution in [-0.4, -0.2) is 25.5 Å². The van der Waals surface area contributed by atoms with E-state index in [1.165, 1.54) is 0 Å². The molecule has 1 aliphatic rings. The first-order valence-electron chi connectivity index (χ1n) is 8.89. The van der Waals surface area contributed by atoms with Crippen molar-refractivity contribution in [3.63, 3.8) is 0 Å². The molecule has 1 fully saturated rings. The number of aryl methyl sites for hydroxylation is 1. The van der Waals surface area contributed by atoms with Crippen molar-refractivity contribution in [1.29, 1.82) is 0 Å². The number of rotatable bonds is 6. The van der Waals surface area contributed by atoms with Crippen LogP contribution in [0.2, 0.25) is 0 Å². The molecular formula is C21H23BrN2O3. The van der Waals surface area contributed by atoms with E-state index in [9.17, 15) is 9.59 Å². The molecule has 2 amide bonds. The van der Waals surface area contributed by atoms with Crippen molar-refractivity contribution >= 4 is 33.4 Å². The molecule has 1 aliphatic heterocycles. The third kappa shape index (κ3) is 4.76. The second-order valence-electron chi connectivity index (χ2n) is 6.81. The zero-order chi connectivity index (χ0) is 19.4. The quantitative estimate of drug-likeness (QED) is 0.761. The SMILES string of the molecule is COCc1ccc(CNC(=O)C2CC(=O)N(c3ccc(Br)c(C)c3)C2)cc1. The van der Waals surface area contributed by atoms with Gasteiger partial charge in [-0.25, -0.2) is 0 Å². The predicted octanol–water partition coefficient (Wildman–Crippen LogP) is 3.57. The molecule has 1 saturated heterocycles. The van der Waals surface area contributed by atoms with Gasteiger partial charge < -0.3 is 15.0 Å². The molecule has 6 heteroatoms. The zero-order valence-electron chi connectivity index (χ0n) is 15.5. The zero-order valence-corrected chi connectivity index (χ0v) is 17.1. The number of hydrogen-bond acceptors (Lipinski definition) is 3. The van der Waals surface area contributed by atoms with Crippen molar-refractivity contribution in [2.45, 2.75) is 26.5 Å². The van der Waals surface area contributed by atoms with E-state index in [-0.39, 0.29) is 24.2 Å². The number of amides is 2. The highest BCUT2D eigenvalue weighted by Gasteiger charge is 2.35. The van der Waals surface area contributed by atoms with Crippen LogP contribution in [0.5, 0.6) is 0 Å². The molecule has 1 atom stereocenters. The minimum Gasteiger partial charge on any atom is -0.380 e. The van der Waals surface area contributed by atoms with Crippen LogP contribution in [0.1, 0.15) is 23.1 Å². The van der Waals surface area contributed by atoms with E-state index in [4.69, 9.17) is 4.74 Å². The Balaban J connectivity index is 1.57. The molecule has 2 aromatic carbocycles. The molecule has 0 radical (unpaired) electrons. The number of benzene rings is 2. The van der Waals surface area contributed by atoms with Crippen LogP contribution < -0.4 is 10.2 Å². The number of anilines is 1. The summed E-state index contributed by atoms with van der Waals surface area (Å²) in [5.74, 6) is -0.421. The highest BCUT2D eigenvalue weighted by molar-refractivity contribution is 9.10.